The maximum atomic E-state index is 12.3. The molecule has 2 aromatic rings. The Morgan fingerprint density at radius 3 is 2.83 bits per heavy atom. The molecular formula is C14H17ClN6O2S. The molecular weight excluding hydrogens is 352 g/mol. The summed E-state index contributed by atoms with van der Waals surface area (Å²) in [6.07, 6.45) is 3.20. The average Bonchev–Trinajstić information content (AvgIpc) is 3.00. The van der Waals surface area contributed by atoms with Crippen LogP contribution in [0, 0.1) is 0 Å². The minimum Gasteiger partial charge on any atom is -0.474 e. The number of amides is 1. The number of carbonyl (C=O) groups excluding carboxylic acids is 1. The molecule has 3 rings (SSSR count). The van der Waals surface area contributed by atoms with E-state index in [9.17, 15) is 4.79 Å². The SMILES string of the molecule is Cn1nnnc1SCC(=O)N1CCC(Oc2ccc(Cl)cn2)CC1. The molecule has 1 amide bonds. The van der Waals surface area contributed by atoms with Gasteiger partial charge in [-0.05, 0) is 16.5 Å². The summed E-state index contributed by atoms with van der Waals surface area (Å²) in [5.41, 5.74) is 0. The van der Waals surface area contributed by atoms with Crippen LogP contribution in [0.25, 0.3) is 0 Å². The Hall–Kier alpha value is -1.87. The molecule has 0 aliphatic carbocycles. The van der Waals surface area contributed by atoms with Gasteiger partial charge in [-0.2, -0.15) is 0 Å². The van der Waals surface area contributed by atoms with E-state index >= 15 is 0 Å². The lowest BCUT2D eigenvalue weighted by molar-refractivity contribution is -0.130. The molecule has 1 fully saturated rings. The number of halogens is 1. The predicted molar refractivity (Wildman–Crippen MR) is 89.0 cm³/mol. The zero-order valence-electron chi connectivity index (χ0n) is 13.1. The minimum atomic E-state index is 0.0679. The van der Waals surface area contributed by atoms with Crippen molar-refractivity contribution in [2.24, 2.45) is 7.05 Å². The first kappa shape index (κ1) is 17.0. The van der Waals surface area contributed by atoms with Crippen LogP contribution in [-0.2, 0) is 11.8 Å². The van der Waals surface area contributed by atoms with Crippen LogP contribution in [0.5, 0.6) is 5.88 Å². The van der Waals surface area contributed by atoms with Crippen LogP contribution >= 0.6 is 23.4 Å². The average molecular weight is 369 g/mol. The van der Waals surface area contributed by atoms with Crippen LogP contribution in [0.15, 0.2) is 23.5 Å². The molecule has 128 valence electrons. The van der Waals surface area contributed by atoms with Gasteiger partial charge in [-0.25, -0.2) is 9.67 Å². The van der Waals surface area contributed by atoms with E-state index in [0.29, 0.717) is 34.9 Å². The van der Waals surface area contributed by atoms with E-state index in [4.69, 9.17) is 16.3 Å². The van der Waals surface area contributed by atoms with Gasteiger partial charge in [0, 0.05) is 45.2 Å². The van der Waals surface area contributed by atoms with Crippen molar-refractivity contribution in [1.29, 1.82) is 0 Å². The molecule has 0 N–H and O–H groups in total. The molecule has 0 bridgehead atoms. The summed E-state index contributed by atoms with van der Waals surface area (Å²) in [5, 5.41) is 12.4. The first-order valence-corrected chi connectivity index (χ1v) is 8.89. The van der Waals surface area contributed by atoms with Crippen LogP contribution in [-0.4, -0.2) is 60.9 Å². The summed E-state index contributed by atoms with van der Waals surface area (Å²) in [7, 11) is 1.75. The predicted octanol–water partition coefficient (Wildman–Crippen LogP) is 1.42. The van der Waals surface area contributed by atoms with Crippen LogP contribution in [0.3, 0.4) is 0 Å². The number of ether oxygens (including phenoxy) is 1. The second kappa shape index (κ2) is 7.80. The lowest BCUT2D eigenvalue weighted by atomic mass is 10.1. The van der Waals surface area contributed by atoms with E-state index in [1.807, 2.05) is 4.90 Å². The largest absolute Gasteiger partial charge is 0.474 e. The number of likely N-dealkylation sites (tertiary alicyclic amines) is 1. The quantitative estimate of drug-likeness (QED) is 0.737. The lowest BCUT2D eigenvalue weighted by Crippen LogP contribution is -2.42. The van der Waals surface area contributed by atoms with Gasteiger partial charge in [-0.15, -0.1) is 5.10 Å². The number of hydrogen-bond donors (Lipinski definition) is 0. The standard InChI is InChI=1S/C14H17ClN6O2S/c1-20-14(17-18-19-20)24-9-13(22)21-6-4-11(5-7-21)23-12-3-2-10(15)8-16-12/h2-3,8,11H,4-7,9H2,1H3. The van der Waals surface area contributed by atoms with Crippen molar-refractivity contribution in [1.82, 2.24) is 30.1 Å². The fourth-order valence-corrected chi connectivity index (χ4v) is 3.25. The molecule has 1 aliphatic rings. The monoisotopic (exact) mass is 368 g/mol. The van der Waals surface area contributed by atoms with Crippen LogP contribution in [0.1, 0.15) is 12.8 Å². The normalized spacial score (nSPS) is 15.5. The molecule has 1 saturated heterocycles. The number of piperidine rings is 1. The first-order chi connectivity index (χ1) is 11.6. The lowest BCUT2D eigenvalue weighted by Gasteiger charge is -2.31. The van der Waals surface area contributed by atoms with Gasteiger partial charge in [0.25, 0.3) is 0 Å². The van der Waals surface area contributed by atoms with Crippen molar-refractivity contribution in [2.45, 2.75) is 24.1 Å². The molecule has 0 radical (unpaired) electrons. The molecule has 0 saturated carbocycles. The van der Waals surface area contributed by atoms with Gasteiger partial charge in [0.05, 0.1) is 10.8 Å². The summed E-state index contributed by atoms with van der Waals surface area (Å²) in [6.45, 7) is 1.35. The van der Waals surface area contributed by atoms with Crippen molar-refractivity contribution < 1.29 is 9.53 Å². The molecule has 3 heterocycles. The number of carbonyl (C=O) groups is 1. The molecule has 0 atom stereocenters. The van der Waals surface area contributed by atoms with Gasteiger partial charge in [0.1, 0.15) is 6.10 Å². The third-order valence-electron chi connectivity index (χ3n) is 3.69. The maximum absolute atomic E-state index is 12.3. The molecule has 0 unspecified atom stereocenters. The maximum Gasteiger partial charge on any atom is 0.233 e. The highest BCUT2D eigenvalue weighted by molar-refractivity contribution is 7.99. The van der Waals surface area contributed by atoms with Gasteiger partial charge in [-0.1, -0.05) is 23.4 Å². The number of pyridine rings is 1. The highest BCUT2D eigenvalue weighted by Crippen LogP contribution is 2.20. The third-order valence-corrected chi connectivity index (χ3v) is 4.91. The summed E-state index contributed by atoms with van der Waals surface area (Å²) < 4.78 is 7.38. The zero-order chi connectivity index (χ0) is 16.9. The number of tetrazole rings is 1. The second-order valence-corrected chi connectivity index (χ2v) is 6.77. The number of aryl methyl sites for hydroxylation is 1. The van der Waals surface area contributed by atoms with Gasteiger partial charge in [-0.3, -0.25) is 4.79 Å². The Labute approximate surface area is 148 Å². The van der Waals surface area contributed by atoms with Crippen molar-refractivity contribution in [3.63, 3.8) is 0 Å². The van der Waals surface area contributed by atoms with Gasteiger partial charge in [0.15, 0.2) is 0 Å². The fraction of sp³-hybridized carbons (Fsp3) is 0.500. The fourth-order valence-electron chi connectivity index (χ4n) is 2.39. The smallest absolute Gasteiger partial charge is 0.233 e. The number of hydrogen-bond acceptors (Lipinski definition) is 7. The first-order valence-electron chi connectivity index (χ1n) is 7.53. The second-order valence-electron chi connectivity index (χ2n) is 5.39. The van der Waals surface area contributed by atoms with E-state index in [1.165, 1.54) is 11.8 Å². The Kier molecular flexibility index (Phi) is 5.52. The van der Waals surface area contributed by atoms with Crippen LogP contribution in [0.2, 0.25) is 5.02 Å². The van der Waals surface area contributed by atoms with Gasteiger partial charge < -0.3 is 9.64 Å². The third kappa shape index (κ3) is 4.35. The highest BCUT2D eigenvalue weighted by atomic mass is 35.5. The molecule has 0 aromatic carbocycles. The van der Waals surface area contributed by atoms with Crippen molar-refractivity contribution in [3.05, 3.63) is 23.4 Å². The molecule has 0 spiro atoms. The highest BCUT2D eigenvalue weighted by Gasteiger charge is 2.24. The van der Waals surface area contributed by atoms with Crippen molar-refractivity contribution >= 4 is 29.3 Å². The Morgan fingerprint density at radius 1 is 1.42 bits per heavy atom. The van der Waals surface area contributed by atoms with E-state index in [0.717, 1.165) is 12.8 Å². The van der Waals surface area contributed by atoms with E-state index < -0.39 is 0 Å². The van der Waals surface area contributed by atoms with E-state index in [1.54, 1.807) is 30.1 Å². The summed E-state index contributed by atoms with van der Waals surface area (Å²) >= 11 is 7.15. The Bertz CT molecular complexity index is 687. The van der Waals surface area contributed by atoms with Crippen molar-refractivity contribution in [2.75, 3.05) is 18.8 Å². The molecule has 2 aromatic heterocycles. The van der Waals surface area contributed by atoms with Crippen molar-refractivity contribution in [3.8, 4) is 5.88 Å². The van der Waals surface area contributed by atoms with E-state index in [-0.39, 0.29) is 12.0 Å². The van der Waals surface area contributed by atoms with Crippen LogP contribution < -0.4 is 4.74 Å². The molecule has 8 nitrogen and oxygen atoms in total. The summed E-state index contributed by atoms with van der Waals surface area (Å²) in [4.78, 5) is 18.3. The number of aromatic nitrogens is 5. The molecule has 24 heavy (non-hydrogen) atoms. The summed E-state index contributed by atoms with van der Waals surface area (Å²) in [5.74, 6) is 0.985. The van der Waals surface area contributed by atoms with Gasteiger partial charge in [0.2, 0.25) is 16.9 Å². The number of nitrogens with zero attached hydrogens (tertiary/aromatic N) is 6. The molecule has 10 heteroatoms. The minimum absolute atomic E-state index is 0.0679. The number of rotatable bonds is 5. The van der Waals surface area contributed by atoms with Gasteiger partial charge >= 0.3 is 0 Å². The van der Waals surface area contributed by atoms with Crippen LogP contribution in [0.4, 0.5) is 0 Å². The molecule has 1 aliphatic heterocycles. The van der Waals surface area contributed by atoms with E-state index in [2.05, 4.69) is 20.5 Å². The topological polar surface area (TPSA) is 86.0 Å². The Balaban J connectivity index is 1.43. The Morgan fingerprint density at radius 2 is 2.21 bits per heavy atom. The zero-order valence-corrected chi connectivity index (χ0v) is 14.7. The summed E-state index contributed by atoms with van der Waals surface area (Å²) in [6, 6.07) is 3.51. The number of thioether (sulfide) groups is 1.